The standard InChI is InChI=1S/C11H14ClN3S/c1-15-8(6-7-14-15)2-3-9(13)10-4-5-11(12)16-10/h4-7,9H,2-3,13H2,1H3. The van der Waals surface area contributed by atoms with Gasteiger partial charge in [0.1, 0.15) is 0 Å². The molecule has 2 aromatic heterocycles. The summed E-state index contributed by atoms with van der Waals surface area (Å²) in [6, 6.07) is 5.98. The summed E-state index contributed by atoms with van der Waals surface area (Å²) < 4.78 is 2.68. The van der Waals surface area contributed by atoms with Crippen molar-refractivity contribution in [3.8, 4) is 0 Å². The van der Waals surface area contributed by atoms with Gasteiger partial charge in [0.25, 0.3) is 0 Å². The van der Waals surface area contributed by atoms with Crippen LogP contribution in [0.2, 0.25) is 4.34 Å². The lowest BCUT2D eigenvalue weighted by molar-refractivity contribution is 0.620. The van der Waals surface area contributed by atoms with Gasteiger partial charge in [-0.1, -0.05) is 11.6 Å². The van der Waals surface area contributed by atoms with Gasteiger partial charge >= 0.3 is 0 Å². The fourth-order valence-electron chi connectivity index (χ4n) is 1.62. The zero-order valence-corrected chi connectivity index (χ0v) is 10.6. The second-order valence-corrected chi connectivity index (χ2v) is 5.48. The first-order valence-corrected chi connectivity index (χ1v) is 6.34. The Kier molecular flexibility index (Phi) is 3.63. The summed E-state index contributed by atoms with van der Waals surface area (Å²) in [5, 5.41) is 4.13. The molecule has 0 fully saturated rings. The Labute approximate surface area is 104 Å². The highest BCUT2D eigenvalue weighted by molar-refractivity contribution is 7.16. The van der Waals surface area contributed by atoms with Crippen molar-refractivity contribution in [2.75, 3.05) is 0 Å². The van der Waals surface area contributed by atoms with E-state index in [9.17, 15) is 0 Å². The third kappa shape index (κ3) is 2.64. The van der Waals surface area contributed by atoms with E-state index in [0.29, 0.717) is 0 Å². The van der Waals surface area contributed by atoms with Crippen molar-refractivity contribution in [1.29, 1.82) is 0 Å². The van der Waals surface area contributed by atoms with E-state index in [-0.39, 0.29) is 6.04 Å². The van der Waals surface area contributed by atoms with Gasteiger partial charge in [0.2, 0.25) is 0 Å². The number of hydrogen-bond donors (Lipinski definition) is 1. The fourth-order valence-corrected chi connectivity index (χ4v) is 2.72. The molecule has 0 saturated heterocycles. The van der Waals surface area contributed by atoms with E-state index in [1.54, 1.807) is 11.3 Å². The molecule has 86 valence electrons. The first-order valence-electron chi connectivity index (χ1n) is 5.14. The molecule has 0 radical (unpaired) electrons. The van der Waals surface area contributed by atoms with Crippen molar-refractivity contribution in [3.63, 3.8) is 0 Å². The largest absolute Gasteiger partial charge is 0.323 e. The molecule has 2 N–H and O–H groups in total. The van der Waals surface area contributed by atoms with E-state index in [0.717, 1.165) is 22.1 Å². The molecule has 0 bridgehead atoms. The van der Waals surface area contributed by atoms with Crippen molar-refractivity contribution < 1.29 is 0 Å². The molecule has 1 atom stereocenters. The lowest BCUT2D eigenvalue weighted by atomic mass is 10.1. The normalized spacial score (nSPS) is 12.9. The van der Waals surface area contributed by atoms with Crippen LogP contribution in [0.3, 0.4) is 0 Å². The highest BCUT2D eigenvalue weighted by atomic mass is 35.5. The Bertz CT molecular complexity index is 463. The molecule has 2 heterocycles. The van der Waals surface area contributed by atoms with Gasteiger partial charge in [-0.2, -0.15) is 5.10 Å². The van der Waals surface area contributed by atoms with Crippen LogP contribution < -0.4 is 5.73 Å². The first-order chi connectivity index (χ1) is 7.66. The van der Waals surface area contributed by atoms with Crippen LogP contribution in [0.5, 0.6) is 0 Å². The zero-order chi connectivity index (χ0) is 11.5. The van der Waals surface area contributed by atoms with Gasteiger partial charge < -0.3 is 5.73 Å². The van der Waals surface area contributed by atoms with Crippen LogP contribution in [0.15, 0.2) is 24.4 Å². The Hall–Kier alpha value is -0.840. The number of aromatic nitrogens is 2. The molecule has 0 aliphatic heterocycles. The van der Waals surface area contributed by atoms with Crippen LogP contribution in [0.1, 0.15) is 23.0 Å². The predicted octanol–water partition coefficient (Wildman–Crippen LogP) is 2.77. The van der Waals surface area contributed by atoms with Crippen molar-refractivity contribution in [2.45, 2.75) is 18.9 Å². The second kappa shape index (κ2) is 4.99. The van der Waals surface area contributed by atoms with Crippen LogP contribution >= 0.6 is 22.9 Å². The van der Waals surface area contributed by atoms with E-state index in [2.05, 4.69) is 5.10 Å². The summed E-state index contributed by atoms with van der Waals surface area (Å²) in [5.41, 5.74) is 7.30. The SMILES string of the molecule is Cn1nccc1CCC(N)c1ccc(Cl)s1. The zero-order valence-electron chi connectivity index (χ0n) is 9.06. The first kappa shape index (κ1) is 11.6. The number of halogens is 1. The molecule has 1 unspecified atom stereocenters. The Morgan fingerprint density at radius 3 is 2.88 bits per heavy atom. The summed E-state index contributed by atoms with van der Waals surface area (Å²) in [4.78, 5) is 1.15. The number of rotatable bonds is 4. The van der Waals surface area contributed by atoms with Crippen LogP contribution in [-0.2, 0) is 13.5 Å². The van der Waals surface area contributed by atoms with Crippen molar-refractivity contribution in [1.82, 2.24) is 9.78 Å². The van der Waals surface area contributed by atoms with E-state index >= 15 is 0 Å². The molecule has 2 aromatic rings. The summed E-state index contributed by atoms with van der Waals surface area (Å²) in [6.45, 7) is 0. The Balaban J connectivity index is 1.93. The molecule has 0 aliphatic carbocycles. The highest BCUT2D eigenvalue weighted by Gasteiger charge is 2.09. The van der Waals surface area contributed by atoms with Crippen LogP contribution in [0, 0.1) is 0 Å². The summed E-state index contributed by atoms with van der Waals surface area (Å²) >= 11 is 7.43. The van der Waals surface area contributed by atoms with E-state index < -0.39 is 0 Å². The maximum atomic E-state index is 6.10. The molecule has 2 rings (SSSR count). The topological polar surface area (TPSA) is 43.8 Å². The lowest BCUT2D eigenvalue weighted by Gasteiger charge is -2.09. The molecule has 0 saturated carbocycles. The predicted molar refractivity (Wildman–Crippen MR) is 67.8 cm³/mol. The van der Waals surface area contributed by atoms with Crippen LogP contribution in [-0.4, -0.2) is 9.78 Å². The van der Waals surface area contributed by atoms with Crippen molar-refractivity contribution in [3.05, 3.63) is 39.3 Å². The average molecular weight is 256 g/mol. The Morgan fingerprint density at radius 1 is 1.50 bits per heavy atom. The summed E-state index contributed by atoms with van der Waals surface area (Å²) in [6.07, 6.45) is 3.66. The maximum absolute atomic E-state index is 6.10. The fraction of sp³-hybridized carbons (Fsp3) is 0.364. The highest BCUT2D eigenvalue weighted by Crippen LogP contribution is 2.27. The van der Waals surface area contributed by atoms with Gasteiger partial charge in [-0.3, -0.25) is 4.68 Å². The number of nitrogens with two attached hydrogens (primary N) is 1. The Morgan fingerprint density at radius 2 is 2.31 bits per heavy atom. The van der Waals surface area contributed by atoms with Crippen molar-refractivity contribution in [2.24, 2.45) is 12.8 Å². The van der Waals surface area contributed by atoms with Crippen molar-refractivity contribution >= 4 is 22.9 Å². The molecular weight excluding hydrogens is 242 g/mol. The van der Waals surface area contributed by atoms with E-state index in [4.69, 9.17) is 17.3 Å². The summed E-state index contributed by atoms with van der Waals surface area (Å²) in [5.74, 6) is 0. The monoisotopic (exact) mass is 255 g/mol. The van der Waals surface area contributed by atoms with Gasteiger partial charge in [-0.25, -0.2) is 0 Å². The molecule has 0 spiro atoms. The number of hydrogen-bond acceptors (Lipinski definition) is 3. The van der Waals surface area contributed by atoms with E-state index in [1.165, 1.54) is 5.69 Å². The molecule has 16 heavy (non-hydrogen) atoms. The third-order valence-electron chi connectivity index (χ3n) is 2.59. The van der Waals surface area contributed by atoms with Gasteiger partial charge in [0.15, 0.2) is 0 Å². The van der Waals surface area contributed by atoms with Gasteiger partial charge in [-0.05, 0) is 31.0 Å². The molecule has 3 nitrogen and oxygen atoms in total. The maximum Gasteiger partial charge on any atom is 0.0931 e. The molecule has 0 amide bonds. The minimum atomic E-state index is 0.0624. The minimum absolute atomic E-state index is 0.0624. The number of nitrogens with zero attached hydrogens (tertiary/aromatic N) is 2. The number of aryl methyl sites for hydroxylation is 2. The minimum Gasteiger partial charge on any atom is -0.323 e. The second-order valence-electron chi connectivity index (χ2n) is 3.73. The smallest absolute Gasteiger partial charge is 0.0931 e. The third-order valence-corrected chi connectivity index (χ3v) is 3.96. The van der Waals surface area contributed by atoms with E-state index in [1.807, 2.05) is 36.1 Å². The number of thiophene rings is 1. The van der Waals surface area contributed by atoms with Crippen LogP contribution in [0.4, 0.5) is 0 Å². The average Bonchev–Trinajstić information content (AvgIpc) is 2.84. The quantitative estimate of drug-likeness (QED) is 0.913. The van der Waals surface area contributed by atoms with Gasteiger partial charge in [-0.15, -0.1) is 11.3 Å². The molecule has 0 aliphatic rings. The van der Waals surface area contributed by atoms with Gasteiger partial charge in [0.05, 0.1) is 4.34 Å². The van der Waals surface area contributed by atoms with Crippen LogP contribution in [0.25, 0.3) is 0 Å². The lowest BCUT2D eigenvalue weighted by Crippen LogP contribution is -2.10. The summed E-state index contributed by atoms with van der Waals surface area (Å²) in [7, 11) is 1.95. The molecular formula is C11H14ClN3S. The van der Waals surface area contributed by atoms with Gasteiger partial charge in [0, 0.05) is 29.9 Å². The molecule has 0 aromatic carbocycles. The molecule has 5 heteroatoms.